The summed E-state index contributed by atoms with van der Waals surface area (Å²) in [6.07, 6.45) is 0. The van der Waals surface area contributed by atoms with Crippen LogP contribution in [0.1, 0.15) is 18.1 Å². The number of halogens is 2. The van der Waals surface area contributed by atoms with E-state index in [4.69, 9.17) is 23.2 Å². The van der Waals surface area contributed by atoms with Crippen LogP contribution >= 0.6 is 23.2 Å². The summed E-state index contributed by atoms with van der Waals surface area (Å²) in [5.74, 6) is 0.860. The van der Waals surface area contributed by atoms with E-state index in [1.165, 1.54) is 0 Å². The minimum absolute atomic E-state index is 0.155. The molecule has 1 atom stereocenters. The van der Waals surface area contributed by atoms with Crippen molar-refractivity contribution in [3.05, 3.63) is 29.0 Å². The van der Waals surface area contributed by atoms with Crippen molar-refractivity contribution in [3.8, 4) is 0 Å². The Balaban J connectivity index is 2.12. The van der Waals surface area contributed by atoms with Gasteiger partial charge in [0.15, 0.2) is 0 Å². The second kappa shape index (κ2) is 5.43. The number of alkyl halides is 1. The third-order valence-electron chi connectivity index (χ3n) is 3.76. The topological polar surface area (TPSA) is 24.3 Å². The Labute approximate surface area is 128 Å². The van der Waals surface area contributed by atoms with E-state index in [2.05, 4.69) is 32.7 Å². The first kappa shape index (κ1) is 14.0. The van der Waals surface area contributed by atoms with Crippen LogP contribution in [0, 0.1) is 0 Å². The minimum atomic E-state index is -0.155. The molecule has 1 fully saturated rings. The van der Waals surface area contributed by atoms with E-state index in [-0.39, 0.29) is 5.38 Å². The number of para-hydroxylation sites is 1. The fraction of sp³-hybridized carbons (Fsp3) is 0.500. The van der Waals surface area contributed by atoms with Gasteiger partial charge in [0.25, 0.3) is 0 Å². The number of likely N-dealkylation sites (N-methyl/N-ethyl adjacent to an activating group) is 1. The van der Waals surface area contributed by atoms with Gasteiger partial charge in [0, 0.05) is 26.2 Å². The number of rotatable bonds is 2. The molecule has 6 heteroatoms. The van der Waals surface area contributed by atoms with E-state index in [9.17, 15) is 0 Å². The van der Waals surface area contributed by atoms with E-state index in [0.717, 1.165) is 43.0 Å². The van der Waals surface area contributed by atoms with Crippen LogP contribution in [0.25, 0.3) is 11.0 Å². The summed E-state index contributed by atoms with van der Waals surface area (Å²) < 4.78 is 2.14. The van der Waals surface area contributed by atoms with Gasteiger partial charge in [-0.25, -0.2) is 9.66 Å². The van der Waals surface area contributed by atoms with Gasteiger partial charge in [0.05, 0.1) is 15.9 Å². The molecule has 0 radical (unpaired) electrons. The van der Waals surface area contributed by atoms with Crippen molar-refractivity contribution < 1.29 is 0 Å². The summed E-state index contributed by atoms with van der Waals surface area (Å²) in [6.45, 7) is 5.95. The SMILES string of the molecule is CC(Cl)c1nc2c(Cl)cccc2n1N1CCN(C)CC1. The van der Waals surface area contributed by atoms with Crippen molar-refractivity contribution in [2.24, 2.45) is 0 Å². The lowest BCUT2D eigenvalue weighted by atomic mass is 10.3. The number of piperazine rings is 1. The summed E-state index contributed by atoms with van der Waals surface area (Å²) >= 11 is 12.6. The Morgan fingerprint density at radius 3 is 2.55 bits per heavy atom. The normalized spacial score (nSPS) is 18.7. The molecule has 0 N–H and O–H groups in total. The quantitative estimate of drug-likeness (QED) is 0.797. The summed E-state index contributed by atoms with van der Waals surface area (Å²) in [5.41, 5.74) is 1.86. The van der Waals surface area contributed by atoms with Gasteiger partial charge in [-0.1, -0.05) is 17.7 Å². The standard InChI is InChI=1S/C14H18Cl2N4/c1-10(15)14-17-13-11(16)4-3-5-12(13)20(14)19-8-6-18(2)7-9-19/h3-5,10H,6-9H2,1-2H3. The molecule has 2 heterocycles. The third-order valence-corrected chi connectivity index (χ3v) is 4.26. The number of hydrogen-bond donors (Lipinski definition) is 0. The average Bonchev–Trinajstić information content (AvgIpc) is 2.81. The van der Waals surface area contributed by atoms with Gasteiger partial charge in [0.2, 0.25) is 0 Å². The summed E-state index contributed by atoms with van der Waals surface area (Å²) in [6, 6.07) is 5.88. The molecular formula is C14H18Cl2N4. The van der Waals surface area contributed by atoms with Crippen LogP contribution in [0.3, 0.4) is 0 Å². The van der Waals surface area contributed by atoms with E-state index in [1.54, 1.807) is 0 Å². The smallest absolute Gasteiger partial charge is 0.146 e. The number of benzene rings is 1. The van der Waals surface area contributed by atoms with Crippen LogP contribution in [0.2, 0.25) is 5.02 Å². The Morgan fingerprint density at radius 1 is 1.20 bits per heavy atom. The van der Waals surface area contributed by atoms with Gasteiger partial charge in [-0.2, -0.15) is 0 Å². The summed E-state index contributed by atoms with van der Waals surface area (Å²) in [7, 11) is 2.14. The highest BCUT2D eigenvalue weighted by atomic mass is 35.5. The fourth-order valence-corrected chi connectivity index (χ4v) is 2.97. The second-order valence-corrected chi connectivity index (χ2v) is 6.32. The molecule has 0 amide bonds. The molecule has 1 aliphatic heterocycles. The van der Waals surface area contributed by atoms with Crippen molar-refractivity contribution in [1.29, 1.82) is 0 Å². The van der Waals surface area contributed by atoms with Gasteiger partial charge < -0.3 is 9.91 Å². The molecule has 0 spiro atoms. The van der Waals surface area contributed by atoms with E-state index < -0.39 is 0 Å². The zero-order chi connectivity index (χ0) is 14.3. The molecule has 1 unspecified atom stereocenters. The average molecular weight is 313 g/mol. The van der Waals surface area contributed by atoms with Crippen LogP contribution in [0.5, 0.6) is 0 Å². The number of nitrogens with zero attached hydrogens (tertiary/aromatic N) is 4. The van der Waals surface area contributed by atoms with Crippen LogP contribution < -0.4 is 5.01 Å². The number of fused-ring (bicyclic) bond motifs is 1. The van der Waals surface area contributed by atoms with E-state index in [1.807, 2.05) is 19.1 Å². The molecule has 108 valence electrons. The van der Waals surface area contributed by atoms with Crippen molar-refractivity contribution in [3.63, 3.8) is 0 Å². The zero-order valence-corrected chi connectivity index (χ0v) is 13.2. The Morgan fingerprint density at radius 2 is 1.90 bits per heavy atom. The Kier molecular flexibility index (Phi) is 3.80. The van der Waals surface area contributed by atoms with Gasteiger partial charge in [0.1, 0.15) is 11.3 Å². The van der Waals surface area contributed by atoms with Gasteiger partial charge in [-0.05, 0) is 26.1 Å². The van der Waals surface area contributed by atoms with Crippen molar-refractivity contribution >= 4 is 34.2 Å². The number of imidazole rings is 1. The molecule has 20 heavy (non-hydrogen) atoms. The van der Waals surface area contributed by atoms with Crippen LogP contribution in [-0.2, 0) is 0 Å². The molecule has 1 aliphatic rings. The van der Waals surface area contributed by atoms with E-state index >= 15 is 0 Å². The van der Waals surface area contributed by atoms with E-state index in [0.29, 0.717) is 5.02 Å². The molecule has 4 nitrogen and oxygen atoms in total. The summed E-state index contributed by atoms with van der Waals surface area (Å²) in [5, 5.41) is 2.83. The molecule has 1 aromatic heterocycles. The fourth-order valence-electron chi connectivity index (χ4n) is 2.62. The maximum atomic E-state index is 6.32. The first-order valence-electron chi connectivity index (χ1n) is 6.82. The molecular weight excluding hydrogens is 295 g/mol. The predicted molar refractivity (Wildman–Crippen MR) is 84.5 cm³/mol. The number of hydrogen-bond acceptors (Lipinski definition) is 3. The van der Waals surface area contributed by atoms with Gasteiger partial charge >= 0.3 is 0 Å². The summed E-state index contributed by atoms with van der Waals surface area (Å²) in [4.78, 5) is 6.98. The van der Waals surface area contributed by atoms with Crippen molar-refractivity contribution in [2.75, 3.05) is 38.2 Å². The highest BCUT2D eigenvalue weighted by Gasteiger charge is 2.23. The largest absolute Gasteiger partial charge is 0.308 e. The molecule has 0 aliphatic carbocycles. The van der Waals surface area contributed by atoms with Gasteiger partial charge in [-0.15, -0.1) is 11.6 Å². The van der Waals surface area contributed by atoms with Crippen molar-refractivity contribution in [2.45, 2.75) is 12.3 Å². The lowest BCUT2D eigenvalue weighted by Crippen LogP contribution is -2.50. The molecule has 1 saturated heterocycles. The molecule has 3 rings (SSSR count). The Bertz CT molecular complexity index is 615. The zero-order valence-electron chi connectivity index (χ0n) is 11.7. The molecule has 2 aromatic rings. The van der Waals surface area contributed by atoms with Crippen LogP contribution in [0.15, 0.2) is 18.2 Å². The first-order valence-corrected chi connectivity index (χ1v) is 7.64. The van der Waals surface area contributed by atoms with Crippen LogP contribution in [-0.4, -0.2) is 47.8 Å². The van der Waals surface area contributed by atoms with Crippen LogP contribution in [0.4, 0.5) is 0 Å². The first-order chi connectivity index (χ1) is 9.58. The van der Waals surface area contributed by atoms with Crippen molar-refractivity contribution in [1.82, 2.24) is 14.6 Å². The maximum Gasteiger partial charge on any atom is 0.146 e. The lowest BCUT2D eigenvalue weighted by molar-refractivity contribution is 0.287. The second-order valence-electron chi connectivity index (χ2n) is 5.26. The molecule has 1 aromatic carbocycles. The minimum Gasteiger partial charge on any atom is -0.308 e. The maximum absolute atomic E-state index is 6.32. The highest BCUT2D eigenvalue weighted by molar-refractivity contribution is 6.35. The van der Waals surface area contributed by atoms with Gasteiger partial charge in [-0.3, -0.25) is 0 Å². The third kappa shape index (κ3) is 2.36. The number of aromatic nitrogens is 2. The highest BCUT2D eigenvalue weighted by Crippen LogP contribution is 2.29. The molecule has 0 saturated carbocycles. The lowest BCUT2D eigenvalue weighted by Gasteiger charge is -2.35. The Hall–Kier alpha value is -0.970. The molecule has 0 bridgehead atoms. The predicted octanol–water partition coefficient (Wildman–Crippen LogP) is 2.87. The monoisotopic (exact) mass is 312 g/mol.